The highest BCUT2D eigenvalue weighted by molar-refractivity contribution is 5.92. The summed E-state index contributed by atoms with van der Waals surface area (Å²) in [5.41, 5.74) is 7.03. The molecule has 5 heteroatoms. The zero-order valence-corrected chi connectivity index (χ0v) is 50.8. The van der Waals surface area contributed by atoms with Crippen molar-refractivity contribution in [3.63, 3.8) is 0 Å². The number of halogens is 1. The highest BCUT2D eigenvalue weighted by Gasteiger charge is 2.40. The van der Waals surface area contributed by atoms with Gasteiger partial charge in [-0.15, -0.1) is 0 Å². The molecule has 0 bridgehead atoms. The van der Waals surface area contributed by atoms with E-state index in [0.29, 0.717) is 11.5 Å². The highest BCUT2D eigenvalue weighted by atomic mass is 19.1. The van der Waals surface area contributed by atoms with E-state index < -0.39 is 5.41 Å². The van der Waals surface area contributed by atoms with Crippen LogP contribution < -0.4 is 5.32 Å². The number of carbonyl (C=O) groups is 2. The van der Waals surface area contributed by atoms with E-state index >= 15 is 0 Å². The van der Waals surface area contributed by atoms with Crippen molar-refractivity contribution < 1.29 is 14.0 Å². The van der Waals surface area contributed by atoms with E-state index in [9.17, 15) is 14.0 Å². The Morgan fingerprint density at radius 1 is 0.771 bits per heavy atom. The van der Waals surface area contributed by atoms with Crippen molar-refractivity contribution in [2.24, 2.45) is 28.7 Å². The average molecular weight is 978 g/mol. The number of rotatable bonds is 21. The van der Waals surface area contributed by atoms with Crippen molar-refractivity contribution in [2.75, 3.05) is 0 Å². The number of allylic oxidation sites excluding steroid dienone is 10. The molecule has 1 fully saturated rings. The molecule has 0 saturated heterocycles. The van der Waals surface area contributed by atoms with Gasteiger partial charge in [0.2, 0.25) is 0 Å². The summed E-state index contributed by atoms with van der Waals surface area (Å²) in [5, 5.41) is 3.29. The Labute approximate surface area is 437 Å². The van der Waals surface area contributed by atoms with Gasteiger partial charge in [-0.05, 0) is 150 Å². The fourth-order valence-electron chi connectivity index (χ4n) is 7.48. The summed E-state index contributed by atoms with van der Waals surface area (Å²) in [5.74, 6) is 3.17. The SMILES string of the molecule is CC(C)=O.CC(C)C.CCC.CCC.CCCC.CCCC1CC(C)C1.C\C=C/C(N/C(C)=C(C)/C(=C\C(=C\CC)c1ccc(C(CCC)(CCC)C(=O)C(C)C)c(C)c1)N=CCC)=C(F)\C=C\CC. The van der Waals surface area contributed by atoms with Crippen LogP contribution >= 0.6 is 0 Å². The second-order valence-electron chi connectivity index (χ2n) is 20.2. The van der Waals surface area contributed by atoms with Gasteiger partial charge in [-0.25, -0.2) is 4.39 Å². The van der Waals surface area contributed by atoms with Crippen molar-refractivity contribution in [3.05, 3.63) is 99.8 Å². The minimum atomic E-state index is -0.455. The number of nitrogens with one attached hydrogen (secondary N) is 1. The van der Waals surface area contributed by atoms with Crippen LogP contribution in [0.3, 0.4) is 0 Å². The lowest BCUT2D eigenvalue weighted by Gasteiger charge is -2.36. The number of aryl methyl sites for hydroxylation is 1. The zero-order chi connectivity index (χ0) is 55.3. The fourth-order valence-corrected chi connectivity index (χ4v) is 7.48. The first-order valence-electron chi connectivity index (χ1n) is 28.2. The molecule has 2 rings (SSSR count). The summed E-state index contributed by atoms with van der Waals surface area (Å²) in [6.45, 7) is 49.6. The average Bonchev–Trinajstić information content (AvgIpc) is 3.28. The van der Waals surface area contributed by atoms with Crippen LogP contribution in [0.2, 0.25) is 0 Å². The minimum Gasteiger partial charge on any atom is -0.356 e. The number of hydrogen-bond donors (Lipinski definition) is 1. The van der Waals surface area contributed by atoms with Crippen LogP contribution in [0.25, 0.3) is 5.57 Å². The maximum atomic E-state index is 14.9. The number of aliphatic imine (C=N–C) groups is 1. The molecule has 0 amide bonds. The molecule has 0 unspecified atom stereocenters. The molecule has 406 valence electrons. The van der Waals surface area contributed by atoms with E-state index in [1.165, 1.54) is 71.3 Å². The third-order valence-corrected chi connectivity index (χ3v) is 10.6. The van der Waals surface area contributed by atoms with Crippen LogP contribution in [-0.4, -0.2) is 17.8 Å². The van der Waals surface area contributed by atoms with Gasteiger partial charge < -0.3 is 10.1 Å². The lowest BCUT2D eigenvalue weighted by atomic mass is 9.66. The van der Waals surface area contributed by atoms with Crippen LogP contribution in [0, 0.1) is 30.6 Å². The Morgan fingerprint density at radius 3 is 1.63 bits per heavy atom. The molecular formula is C65H117FN2O2. The van der Waals surface area contributed by atoms with Gasteiger partial charge in [0.1, 0.15) is 17.4 Å². The van der Waals surface area contributed by atoms with Gasteiger partial charge in [0, 0.05) is 17.8 Å². The smallest absolute Gasteiger partial charge is 0.146 e. The predicted octanol–water partition coefficient (Wildman–Crippen LogP) is 21.6. The summed E-state index contributed by atoms with van der Waals surface area (Å²) < 4.78 is 14.9. The molecule has 1 aromatic carbocycles. The summed E-state index contributed by atoms with van der Waals surface area (Å²) >= 11 is 0. The lowest BCUT2D eigenvalue weighted by molar-refractivity contribution is -0.128. The van der Waals surface area contributed by atoms with Gasteiger partial charge in [0.05, 0.1) is 16.8 Å². The largest absolute Gasteiger partial charge is 0.356 e. The number of benzene rings is 1. The molecule has 4 nitrogen and oxygen atoms in total. The Balaban J connectivity index is -0.000000437. The lowest BCUT2D eigenvalue weighted by Crippen LogP contribution is -2.39. The molecule has 1 aliphatic carbocycles. The zero-order valence-electron chi connectivity index (χ0n) is 50.8. The minimum absolute atomic E-state index is 0.0180. The summed E-state index contributed by atoms with van der Waals surface area (Å²) in [6.07, 6.45) is 30.3. The van der Waals surface area contributed by atoms with Crippen molar-refractivity contribution in [2.45, 2.75) is 268 Å². The van der Waals surface area contributed by atoms with Gasteiger partial charge in [0.25, 0.3) is 0 Å². The third kappa shape index (κ3) is 37.2. The van der Waals surface area contributed by atoms with Crippen molar-refractivity contribution in [1.82, 2.24) is 5.32 Å². The summed E-state index contributed by atoms with van der Waals surface area (Å²) in [6, 6.07) is 6.59. The van der Waals surface area contributed by atoms with Gasteiger partial charge in [0.15, 0.2) is 0 Å². The van der Waals surface area contributed by atoms with Crippen LogP contribution in [0.1, 0.15) is 272 Å². The van der Waals surface area contributed by atoms with Gasteiger partial charge in [-0.1, -0.05) is 212 Å². The number of nitrogens with zero attached hydrogens (tertiary/aromatic N) is 1. The van der Waals surface area contributed by atoms with E-state index in [0.717, 1.165) is 102 Å². The van der Waals surface area contributed by atoms with Crippen molar-refractivity contribution in [3.8, 4) is 0 Å². The molecule has 1 aromatic rings. The van der Waals surface area contributed by atoms with Crippen LogP contribution in [0.15, 0.2) is 88.1 Å². The van der Waals surface area contributed by atoms with Crippen LogP contribution in [-0.2, 0) is 15.0 Å². The normalized spacial score (nSPS) is 15.2. The highest BCUT2D eigenvalue weighted by Crippen LogP contribution is 2.40. The maximum absolute atomic E-state index is 14.9. The topological polar surface area (TPSA) is 58.5 Å². The first-order chi connectivity index (χ1) is 33.0. The number of hydrogen-bond acceptors (Lipinski definition) is 4. The number of carbonyl (C=O) groups excluding carboxylic acids is 2. The summed E-state index contributed by atoms with van der Waals surface area (Å²) in [7, 11) is 0. The van der Waals surface area contributed by atoms with E-state index in [1.807, 2.05) is 59.9 Å². The molecule has 0 aliphatic heterocycles. The molecule has 70 heavy (non-hydrogen) atoms. The first kappa shape index (κ1) is 75.3. The molecule has 1 N–H and O–H groups in total. The van der Waals surface area contributed by atoms with Crippen LogP contribution in [0.5, 0.6) is 0 Å². The molecule has 1 aliphatic rings. The Bertz CT molecular complexity index is 1660. The first-order valence-corrected chi connectivity index (χ1v) is 28.2. The predicted molar refractivity (Wildman–Crippen MR) is 318 cm³/mol. The number of ketones is 2. The third-order valence-electron chi connectivity index (χ3n) is 10.6. The molecule has 1 saturated carbocycles. The second kappa shape index (κ2) is 49.0. The quantitative estimate of drug-likeness (QED) is 0.0986. The number of unbranched alkanes of at least 4 members (excludes halogenated alkanes) is 1. The fraction of sp³-hybridized carbons (Fsp3) is 0.677. The van der Waals surface area contributed by atoms with E-state index in [2.05, 4.69) is 146 Å². The Kier molecular flexibility index (Phi) is 52.7. The van der Waals surface area contributed by atoms with Gasteiger partial charge in [-0.2, -0.15) is 0 Å². The van der Waals surface area contributed by atoms with E-state index in [4.69, 9.17) is 4.99 Å². The van der Waals surface area contributed by atoms with Gasteiger partial charge >= 0.3 is 0 Å². The van der Waals surface area contributed by atoms with Crippen molar-refractivity contribution in [1.29, 1.82) is 0 Å². The van der Waals surface area contributed by atoms with E-state index in [-0.39, 0.29) is 17.5 Å². The van der Waals surface area contributed by atoms with Crippen LogP contribution in [0.4, 0.5) is 4.39 Å². The monoisotopic (exact) mass is 977 g/mol. The second-order valence-corrected chi connectivity index (χ2v) is 20.2. The molecule has 0 spiro atoms. The molecule has 0 radical (unpaired) electrons. The summed E-state index contributed by atoms with van der Waals surface area (Å²) in [4.78, 5) is 28.0. The van der Waals surface area contributed by atoms with E-state index in [1.54, 1.807) is 6.08 Å². The standard InChI is InChI=1S/C40H59FN2O.C8H16.2C4H10.C3H6O.2C3H8/c1-12-18-21-36(41)37(20-14-3)43-32(11)31(10)38(42-26-17-6)28-33(19-13-2)34-22-23-35(30(9)27-34)40(24-15-4,25-16-5)39(44)29(7)8;1-3-4-8-5-7(2)6-8;1-4(2)3;1-3-4-2;1-3(2)4;2*1-3-2/h14,18-23,26-29,43H,12-13,15-17,24-25H2,1-11H3;7-8H,3-6H2,1-2H3;4H,1-3H3;3-4H2,1-2H3;1-2H3;2*3H2,1-2H3/b20-14-,21-18+,32-31+,33-19-,37-36-,38-28+,42-26?;;;;;;. The number of Topliss-reactive ketones (excluding diaryl/α,β-unsaturated/α-hetero) is 2. The Morgan fingerprint density at radius 2 is 1.27 bits per heavy atom. The van der Waals surface area contributed by atoms with Crippen molar-refractivity contribution >= 4 is 23.4 Å². The molecular weight excluding hydrogens is 860 g/mol. The molecule has 0 heterocycles. The van der Waals surface area contributed by atoms with Gasteiger partial charge in [-0.3, -0.25) is 9.79 Å². The Hall–Kier alpha value is -3.60. The maximum Gasteiger partial charge on any atom is 0.146 e. The molecule has 0 atom stereocenters. The molecule has 0 aromatic heterocycles.